The fourth-order valence-corrected chi connectivity index (χ4v) is 1.58. The van der Waals surface area contributed by atoms with Gasteiger partial charge in [-0.25, -0.2) is 4.39 Å². The molecule has 0 saturated carbocycles. The van der Waals surface area contributed by atoms with Crippen LogP contribution in [0.25, 0.3) is 0 Å². The van der Waals surface area contributed by atoms with E-state index in [0.29, 0.717) is 6.42 Å². The Labute approximate surface area is 119 Å². The van der Waals surface area contributed by atoms with Crippen molar-refractivity contribution in [1.82, 2.24) is 5.32 Å². The van der Waals surface area contributed by atoms with Gasteiger partial charge in [-0.3, -0.25) is 9.59 Å². The molecule has 2 N–H and O–H groups in total. The van der Waals surface area contributed by atoms with Crippen LogP contribution in [0.1, 0.15) is 30.6 Å². The van der Waals surface area contributed by atoms with Crippen LogP contribution in [0, 0.1) is 11.2 Å². The fourth-order valence-electron chi connectivity index (χ4n) is 1.33. The number of amides is 1. The molecule has 1 aromatic carbocycles. The number of nitrogens with one attached hydrogen (secondary N) is 1. The molecule has 0 unspecified atom stereocenters. The number of halogens is 2. The van der Waals surface area contributed by atoms with Crippen molar-refractivity contribution < 1.29 is 19.1 Å². The number of rotatable bonds is 5. The maximum absolute atomic E-state index is 13.3. The third-order valence-corrected chi connectivity index (χ3v) is 3.44. The molecule has 0 aliphatic carbocycles. The number of aliphatic carboxylic acids is 1. The van der Waals surface area contributed by atoms with Gasteiger partial charge in [0.1, 0.15) is 5.82 Å². The van der Waals surface area contributed by atoms with Crippen molar-refractivity contribution in [1.29, 1.82) is 0 Å². The van der Waals surface area contributed by atoms with Crippen molar-refractivity contribution in [3.05, 3.63) is 34.1 Å². The van der Waals surface area contributed by atoms with E-state index in [1.807, 2.05) is 0 Å². The zero-order chi connectivity index (χ0) is 14.6. The molecule has 1 rings (SSSR count). The van der Waals surface area contributed by atoms with Gasteiger partial charge in [0.2, 0.25) is 0 Å². The van der Waals surface area contributed by atoms with Gasteiger partial charge >= 0.3 is 5.97 Å². The maximum atomic E-state index is 13.3. The molecule has 0 fully saturated rings. The number of benzene rings is 1. The maximum Gasteiger partial charge on any atom is 0.309 e. The first-order valence-electron chi connectivity index (χ1n) is 5.70. The Hall–Kier alpha value is -1.43. The quantitative estimate of drug-likeness (QED) is 0.871. The van der Waals surface area contributed by atoms with Crippen molar-refractivity contribution in [2.75, 3.05) is 6.54 Å². The van der Waals surface area contributed by atoms with Gasteiger partial charge in [0.15, 0.2) is 0 Å². The van der Waals surface area contributed by atoms with E-state index in [2.05, 4.69) is 21.2 Å². The van der Waals surface area contributed by atoms with Gasteiger partial charge in [-0.1, -0.05) is 0 Å². The lowest BCUT2D eigenvalue weighted by Crippen LogP contribution is -2.32. The Morgan fingerprint density at radius 1 is 1.42 bits per heavy atom. The second-order valence-corrected chi connectivity index (χ2v) is 5.68. The van der Waals surface area contributed by atoms with Gasteiger partial charge in [0.25, 0.3) is 5.91 Å². The van der Waals surface area contributed by atoms with Crippen LogP contribution >= 0.6 is 15.9 Å². The van der Waals surface area contributed by atoms with Gasteiger partial charge in [-0.2, -0.15) is 0 Å². The number of hydrogen-bond donors (Lipinski definition) is 2. The van der Waals surface area contributed by atoms with Crippen molar-refractivity contribution in [3.8, 4) is 0 Å². The normalized spacial score (nSPS) is 11.2. The van der Waals surface area contributed by atoms with Gasteiger partial charge < -0.3 is 10.4 Å². The van der Waals surface area contributed by atoms with Crippen LogP contribution in [-0.2, 0) is 4.79 Å². The Bertz CT molecular complexity index is 503. The average molecular weight is 332 g/mol. The highest BCUT2D eigenvalue weighted by molar-refractivity contribution is 9.10. The number of carbonyl (C=O) groups excluding carboxylic acids is 1. The number of carboxylic acids is 1. The molecular weight excluding hydrogens is 317 g/mol. The summed E-state index contributed by atoms with van der Waals surface area (Å²) in [6.07, 6.45) is 0.299. The minimum Gasteiger partial charge on any atom is -0.481 e. The summed E-state index contributed by atoms with van der Waals surface area (Å²) in [6, 6.07) is 4.07. The predicted molar refractivity (Wildman–Crippen MR) is 72.5 cm³/mol. The van der Waals surface area contributed by atoms with Crippen molar-refractivity contribution in [3.63, 3.8) is 0 Å². The van der Waals surface area contributed by atoms with E-state index in [1.54, 1.807) is 13.8 Å². The first-order valence-corrected chi connectivity index (χ1v) is 6.50. The minimum atomic E-state index is -0.920. The smallest absolute Gasteiger partial charge is 0.309 e. The van der Waals surface area contributed by atoms with Crippen LogP contribution in [0.3, 0.4) is 0 Å². The third kappa shape index (κ3) is 4.31. The largest absolute Gasteiger partial charge is 0.481 e. The highest BCUT2D eigenvalue weighted by Crippen LogP contribution is 2.20. The molecule has 0 atom stereocenters. The zero-order valence-corrected chi connectivity index (χ0v) is 12.3. The van der Waals surface area contributed by atoms with E-state index in [-0.39, 0.29) is 16.6 Å². The number of hydrogen-bond acceptors (Lipinski definition) is 2. The second-order valence-electron chi connectivity index (χ2n) is 4.82. The highest BCUT2D eigenvalue weighted by atomic mass is 79.9. The average Bonchev–Trinajstić information content (AvgIpc) is 2.32. The molecular formula is C13H15BrFNO3. The summed E-state index contributed by atoms with van der Waals surface area (Å²) >= 11 is 3.00. The van der Waals surface area contributed by atoms with E-state index >= 15 is 0 Å². The highest BCUT2D eigenvalue weighted by Gasteiger charge is 2.26. The van der Waals surface area contributed by atoms with Crippen molar-refractivity contribution >= 4 is 27.8 Å². The molecule has 0 bridgehead atoms. The summed E-state index contributed by atoms with van der Waals surface area (Å²) in [6.45, 7) is 3.39. The molecule has 0 aromatic heterocycles. The van der Waals surface area contributed by atoms with Crippen LogP contribution in [0.15, 0.2) is 22.7 Å². The Balaban J connectivity index is 2.57. The summed E-state index contributed by atoms with van der Waals surface area (Å²) in [4.78, 5) is 22.6. The molecule has 0 aliphatic heterocycles. The lowest BCUT2D eigenvalue weighted by molar-refractivity contribution is -0.147. The summed E-state index contributed by atoms with van der Waals surface area (Å²) in [5, 5.41) is 11.5. The molecule has 1 aromatic rings. The van der Waals surface area contributed by atoms with Gasteiger partial charge in [-0.05, 0) is 54.4 Å². The number of carbonyl (C=O) groups is 2. The van der Waals surface area contributed by atoms with Gasteiger partial charge in [0.05, 0.1) is 9.89 Å². The van der Waals surface area contributed by atoms with E-state index in [4.69, 9.17) is 5.11 Å². The Morgan fingerprint density at radius 2 is 2.05 bits per heavy atom. The van der Waals surface area contributed by atoms with E-state index in [9.17, 15) is 14.0 Å². The second kappa shape index (κ2) is 6.14. The minimum absolute atomic E-state index is 0.203. The fraction of sp³-hybridized carbons (Fsp3) is 0.385. The third-order valence-electron chi connectivity index (χ3n) is 2.80. The van der Waals surface area contributed by atoms with Gasteiger partial charge in [-0.15, -0.1) is 0 Å². The monoisotopic (exact) mass is 331 g/mol. The van der Waals surface area contributed by atoms with E-state index < -0.39 is 23.1 Å². The molecule has 0 radical (unpaired) electrons. The molecule has 0 heterocycles. The Kier molecular flexibility index (Phi) is 5.05. The molecule has 104 valence electrons. The SMILES string of the molecule is CC(C)(CCNC(=O)c1ccc(Br)c(F)c1)C(=O)O. The van der Waals surface area contributed by atoms with E-state index in [1.165, 1.54) is 12.1 Å². The topological polar surface area (TPSA) is 66.4 Å². The van der Waals surface area contributed by atoms with E-state index in [0.717, 1.165) is 6.07 Å². The van der Waals surface area contributed by atoms with Crippen molar-refractivity contribution in [2.24, 2.45) is 5.41 Å². The summed E-state index contributed by atoms with van der Waals surface area (Å²) in [7, 11) is 0. The molecule has 0 saturated heterocycles. The Morgan fingerprint density at radius 3 is 2.58 bits per heavy atom. The van der Waals surface area contributed by atoms with Crippen LogP contribution in [0.4, 0.5) is 4.39 Å². The predicted octanol–water partition coefficient (Wildman–Crippen LogP) is 2.82. The molecule has 19 heavy (non-hydrogen) atoms. The molecule has 0 spiro atoms. The summed E-state index contributed by atoms with van der Waals surface area (Å²) in [5.41, 5.74) is -0.702. The summed E-state index contributed by atoms with van der Waals surface area (Å²) < 4.78 is 13.5. The lowest BCUT2D eigenvalue weighted by atomic mass is 9.90. The number of carboxylic acid groups (broad SMARTS) is 1. The lowest BCUT2D eigenvalue weighted by Gasteiger charge is -2.18. The summed E-state index contributed by atoms with van der Waals surface area (Å²) in [5.74, 6) is -1.86. The van der Waals surface area contributed by atoms with Gasteiger partial charge in [0, 0.05) is 12.1 Å². The van der Waals surface area contributed by atoms with Crippen LogP contribution in [-0.4, -0.2) is 23.5 Å². The molecule has 6 heteroatoms. The molecule has 4 nitrogen and oxygen atoms in total. The zero-order valence-electron chi connectivity index (χ0n) is 10.7. The molecule has 0 aliphatic rings. The first kappa shape index (κ1) is 15.6. The first-order chi connectivity index (χ1) is 8.74. The standard InChI is InChI=1S/C13H15BrFNO3/c1-13(2,12(18)19)5-6-16-11(17)8-3-4-9(14)10(15)7-8/h3-4,7H,5-6H2,1-2H3,(H,16,17)(H,18,19). The van der Waals surface area contributed by atoms with Crippen LogP contribution in [0.5, 0.6) is 0 Å². The van der Waals surface area contributed by atoms with Crippen LogP contribution < -0.4 is 5.32 Å². The van der Waals surface area contributed by atoms with Crippen molar-refractivity contribution in [2.45, 2.75) is 20.3 Å². The van der Waals surface area contributed by atoms with Crippen LogP contribution in [0.2, 0.25) is 0 Å². The molecule has 1 amide bonds.